The molecule has 3 amide bonds. The third-order valence-corrected chi connectivity index (χ3v) is 2.74. The largest absolute Gasteiger partial charge is 0.481 e. The second-order valence-corrected chi connectivity index (χ2v) is 4.84. The van der Waals surface area contributed by atoms with Crippen LogP contribution in [0.15, 0.2) is 0 Å². The first-order valence-electron chi connectivity index (χ1n) is 6.82. The van der Waals surface area contributed by atoms with E-state index < -0.39 is 17.9 Å². The normalized spacial score (nSPS) is 10.4. The fourth-order valence-corrected chi connectivity index (χ4v) is 1.64. The number of carboxylic acid groups (broad SMARTS) is 1. The Labute approximate surface area is 119 Å². The van der Waals surface area contributed by atoms with Crippen molar-refractivity contribution in [3.05, 3.63) is 0 Å². The van der Waals surface area contributed by atoms with Crippen molar-refractivity contribution in [3.63, 3.8) is 0 Å². The highest BCUT2D eigenvalue weighted by molar-refractivity contribution is 5.94. The van der Waals surface area contributed by atoms with Gasteiger partial charge in [-0.2, -0.15) is 0 Å². The Hall–Kier alpha value is -1.63. The predicted octanol–water partition coefficient (Wildman–Crippen LogP) is 0.751. The lowest BCUT2D eigenvalue weighted by atomic mass is 10.2. The van der Waals surface area contributed by atoms with Crippen LogP contribution in [0, 0.1) is 0 Å². The van der Waals surface area contributed by atoms with E-state index in [9.17, 15) is 14.4 Å². The summed E-state index contributed by atoms with van der Waals surface area (Å²) >= 11 is 0. The second-order valence-electron chi connectivity index (χ2n) is 4.84. The van der Waals surface area contributed by atoms with Gasteiger partial charge in [-0.15, -0.1) is 0 Å². The van der Waals surface area contributed by atoms with Crippen LogP contribution < -0.4 is 5.32 Å². The fraction of sp³-hybridized carbons (Fsp3) is 0.769. The molecule has 0 aliphatic carbocycles. The van der Waals surface area contributed by atoms with Crippen molar-refractivity contribution in [2.24, 2.45) is 0 Å². The van der Waals surface area contributed by atoms with E-state index >= 15 is 0 Å². The number of nitrogens with one attached hydrogen (secondary N) is 1. The van der Waals surface area contributed by atoms with E-state index in [2.05, 4.69) is 5.32 Å². The molecular weight excluding hydrogens is 262 g/mol. The molecule has 0 aliphatic heterocycles. The monoisotopic (exact) mass is 287 g/mol. The van der Waals surface area contributed by atoms with Gasteiger partial charge in [-0.1, -0.05) is 0 Å². The predicted molar refractivity (Wildman–Crippen MR) is 75.4 cm³/mol. The summed E-state index contributed by atoms with van der Waals surface area (Å²) in [7, 11) is 3.92. The zero-order chi connectivity index (χ0) is 15.5. The van der Waals surface area contributed by atoms with Crippen molar-refractivity contribution in [1.29, 1.82) is 0 Å². The molecule has 2 N–H and O–H groups in total. The standard InChI is InChI=1S/C13H25N3O4/c1-4-16(10-6-9-15(2)3)13(20)14-11(17)7-5-8-12(18)19/h4-10H2,1-3H3,(H,18,19)(H,14,17,20). The highest BCUT2D eigenvalue weighted by Gasteiger charge is 2.14. The number of rotatable bonds is 9. The van der Waals surface area contributed by atoms with E-state index in [1.807, 2.05) is 25.9 Å². The number of urea groups is 1. The van der Waals surface area contributed by atoms with Gasteiger partial charge in [0.25, 0.3) is 0 Å². The number of hydrogen-bond donors (Lipinski definition) is 2. The number of aliphatic carboxylic acids is 1. The zero-order valence-corrected chi connectivity index (χ0v) is 12.5. The summed E-state index contributed by atoms with van der Waals surface area (Å²) in [5.41, 5.74) is 0. The maximum Gasteiger partial charge on any atom is 0.324 e. The van der Waals surface area contributed by atoms with Crippen molar-refractivity contribution in [3.8, 4) is 0 Å². The minimum Gasteiger partial charge on any atom is -0.481 e. The summed E-state index contributed by atoms with van der Waals surface area (Å²) < 4.78 is 0. The van der Waals surface area contributed by atoms with Gasteiger partial charge in [-0.25, -0.2) is 4.79 Å². The number of nitrogens with zero attached hydrogens (tertiary/aromatic N) is 2. The number of carboxylic acids is 1. The quantitative estimate of drug-likeness (QED) is 0.653. The number of imide groups is 1. The topological polar surface area (TPSA) is 90.0 Å². The van der Waals surface area contributed by atoms with Gasteiger partial charge in [-0.3, -0.25) is 14.9 Å². The third-order valence-electron chi connectivity index (χ3n) is 2.74. The lowest BCUT2D eigenvalue weighted by molar-refractivity contribution is -0.137. The molecule has 0 spiro atoms. The minimum atomic E-state index is -0.942. The first-order valence-corrected chi connectivity index (χ1v) is 6.82. The number of carbonyl (C=O) groups is 3. The van der Waals surface area contributed by atoms with E-state index in [0.717, 1.165) is 13.0 Å². The second kappa shape index (κ2) is 10.2. The minimum absolute atomic E-state index is 0.0489. The van der Waals surface area contributed by atoms with Gasteiger partial charge in [0.15, 0.2) is 0 Å². The molecule has 0 unspecified atom stereocenters. The number of amides is 3. The molecule has 0 bridgehead atoms. The fourth-order valence-electron chi connectivity index (χ4n) is 1.64. The summed E-state index contributed by atoms with van der Waals surface area (Å²) in [4.78, 5) is 37.2. The Balaban J connectivity index is 4.01. The highest BCUT2D eigenvalue weighted by Crippen LogP contribution is 1.98. The average Bonchev–Trinajstić information content (AvgIpc) is 2.33. The molecule has 20 heavy (non-hydrogen) atoms. The Bertz CT molecular complexity index is 332. The van der Waals surface area contributed by atoms with Gasteiger partial charge in [0.2, 0.25) is 5.91 Å². The van der Waals surface area contributed by atoms with Crippen LogP contribution in [-0.2, 0) is 9.59 Å². The van der Waals surface area contributed by atoms with E-state index in [1.54, 1.807) is 4.90 Å². The van der Waals surface area contributed by atoms with Crippen LogP contribution in [0.5, 0.6) is 0 Å². The maximum absolute atomic E-state index is 11.8. The van der Waals surface area contributed by atoms with Crippen LogP contribution in [0.4, 0.5) is 4.79 Å². The maximum atomic E-state index is 11.8. The number of carbonyl (C=O) groups excluding carboxylic acids is 2. The molecule has 0 saturated carbocycles. The first kappa shape index (κ1) is 18.4. The SMILES string of the molecule is CCN(CCCN(C)C)C(=O)NC(=O)CCCC(=O)O. The molecule has 0 rings (SSSR count). The summed E-state index contributed by atoms with van der Waals surface area (Å²) in [5.74, 6) is -1.37. The molecule has 0 fully saturated rings. The molecule has 0 radical (unpaired) electrons. The van der Waals surface area contributed by atoms with E-state index in [-0.39, 0.29) is 19.3 Å². The van der Waals surface area contributed by atoms with Gasteiger partial charge in [0, 0.05) is 25.9 Å². The summed E-state index contributed by atoms with van der Waals surface area (Å²) in [6, 6.07) is -0.411. The van der Waals surface area contributed by atoms with Crippen LogP contribution in [0.2, 0.25) is 0 Å². The third kappa shape index (κ3) is 9.32. The van der Waals surface area contributed by atoms with Crippen molar-refractivity contribution in [1.82, 2.24) is 15.1 Å². The van der Waals surface area contributed by atoms with Gasteiger partial charge in [0.05, 0.1) is 0 Å². The molecule has 0 aromatic rings. The van der Waals surface area contributed by atoms with Crippen molar-refractivity contribution < 1.29 is 19.5 Å². The van der Waals surface area contributed by atoms with Gasteiger partial charge in [-0.05, 0) is 40.4 Å². The molecule has 0 saturated heterocycles. The van der Waals surface area contributed by atoms with Gasteiger partial charge < -0.3 is 14.9 Å². The molecule has 7 heteroatoms. The number of hydrogen-bond acceptors (Lipinski definition) is 4. The average molecular weight is 287 g/mol. The summed E-state index contributed by atoms with van der Waals surface area (Å²) in [5, 5.41) is 10.7. The Kier molecular flexibility index (Phi) is 9.36. The summed E-state index contributed by atoms with van der Waals surface area (Å²) in [6.45, 7) is 3.84. The van der Waals surface area contributed by atoms with Crippen LogP contribution >= 0.6 is 0 Å². The van der Waals surface area contributed by atoms with Crippen LogP contribution in [0.1, 0.15) is 32.6 Å². The van der Waals surface area contributed by atoms with Gasteiger partial charge in [0.1, 0.15) is 0 Å². The van der Waals surface area contributed by atoms with Crippen LogP contribution in [0.25, 0.3) is 0 Å². The molecule has 116 valence electrons. The molecule has 0 atom stereocenters. The Morgan fingerprint density at radius 3 is 2.20 bits per heavy atom. The zero-order valence-electron chi connectivity index (χ0n) is 12.5. The van der Waals surface area contributed by atoms with Gasteiger partial charge >= 0.3 is 12.0 Å². The lowest BCUT2D eigenvalue weighted by Gasteiger charge is -2.21. The summed E-state index contributed by atoms with van der Waals surface area (Å²) in [6.07, 6.45) is 1.05. The molecule has 0 heterocycles. The van der Waals surface area contributed by atoms with E-state index in [4.69, 9.17) is 5.11 Å². The van der Waals surface area contributed by atoms with Crippen molar-refractivity contribution >= 4 is 17.9 Å². The van der Waals surface area contributed by atoms with Crippen molar-refractivity contribution in [2.45, 2.75) is 32.6 Å². The Morgan fingerprint density at radius 2 is 1.70 bits per heavy atom. The smallest absolute Gasteiger partial charge is 0.324 e. The van der Waals surface area contributed by atoms with Crippen molar-refractivity contribution in [2.75, 3.05) is 33.7 Å². The first-order chi connectivity index (χ1) is 9.36. The Morgan fingerprint density at radius 1 is 1.05 bits per heavy atom. The van der Waals surface area contributed by atoms with E-state index in [0.29, 0.717) is 13.1 Å². The van der Waals surface area contributed by atoms with Crippen LogP contribution in [0.3, 0.4) is 0 Å². The molecule has 0 aliphatic rings. The highest BCUT2D eigenvalue weighted by atomic mass is 16.4. The van der Waals surface area contributed by atoms with Crippen LogP contribution in [-0.4, -0.2) is 66.5 Å². The molecular formula is C13H25N3O4. The molecule has 7 nitrogen and oxygen atoms in total. The van der Waals surface area contributed by atoms with E-state index in [1.165, 1.54) is 0 Å². The lowest BCUT2D eigenvalue weighted by Crippen LogP contribution is -2.43. The molecule has 0 aromatic carbocycles. The molecule has 0 aromatic heterocycles.